The minimum absolute atomic E-state index is 0.0355. The molecule has 0 spiro atoms. The molecule has 0 aromatic carbocycles. The van der Waals surface area contributed by atoms with E-state index in [2.05, 4.69) is 15.0 Å². The number of methoxy groups -OCH3 is 1. The summed E-state index contributed by atoms with van der Waals surface area (Å²) < 4.78 is 47.3. The van der Waals surface area contributed by atoms with E-state index in [1.165, 1.54) is 7.11 Å². The zero-order valence-corrected chi connectivity index (χ0v) is 18.9. The molecule has 4 rings (SSSR count). The summed E-state index contributed by atoms with van der Waals surface area (Å²) >= 11 is 0. The Balaban J connectivity index is 1.44. The molecular formula is C18H26N5O8P. The maximum absolute atomic E-state index is 12.9. The van der Waals surface area contributed by atoms with Gasteiger partial charge in [0.1, 0.15) is 18.4 Å². The average Bonchev–Trinajstić information content (AvgIpc) is 3.31. The van der Waals surface area contributed by atoms with Gasteiger partial charge in [-0.1, -0.05) is 6.92 Å². The van der Waals surface area contributed by atoms with Gasteiger partial charge in [0.2, 0.25) is 11.8 Å². The highest BCUT2D eigenvalue weighted by atomic mass is 31.2. The normalized spacial score (nSPS) is 29.7. The number of hydrogen-bond donors (Lipinski definition) is 1. The summed E-state index contributed by atoms with van der Waals surface area (Å²) in [5.74, 6) is -0.275. The Morgan fingerprint density at radius 3 is 2.97 bits per heavy atom. The molecule has 5 unspecified atom stereocenters. The first-order valence-corrected chi connectivity index (χ1v) is 11.7. The van der Waals surface area contributed by atoms with Crippen molar-refractivity contribution in [3.05, 3.63) is 6.33 Å². The molecule has 4 heterocycles. The zero-order valence-electron chi connectivity index (χ0n) is 18.0. The van der Waals surface area contributed by atoms with Crippen LogP contribution in [0.1, 0.15) is 32.9 Å². The molecule has 2 aromatic rings. The van der Waals surface area contributed by atoms with E-state index >= 15 is 0 Å². The molecule has 176 valence electrons. The van der Waals surface area contributed by atoms with Crippen molar-refractivity contribution in [1.82, 2.24) is 19.5 Å². The summed E-state index contributed by atoms with van der Waals surface area (Å²) in [4.78, 5) is 24.0. The van der Waals surface area contributed by atoms with Crippen molar-refractivity contribution in [1.29, 1.82) is 0 Å². The molecule has 0 radical (unpaired) electrons. The van der Waals surface area contributed by atoms with Gasteiger partial charge in [0.25, 0.3) is 0 Å². The number of nitrogen functional groups attached to an aromatic ring is 1. The lowest BCUT2D eigenvalue weighted by Gasteiger charge is -2.31. The number of anilines is 1. The van der Waals surface area contributed by atoms with Crippen LogP contribution in [0, 0.1) is 5.92 Å². The first-order valence-electron chi connectivity index (χ1n) is 10.3. The molecule has 2 aromatic heterocycles. The fourth-order valence-corrected chi connectivity index (χ4v) is 5.28. The fraction of sp³-hybridized carbons (Fsp3) is 0.667. The Hall–Kier alpha value is -2.31. The van der Waals surface area contributed by atoms with Gasteiger partial charge in [0, 0.05) is 12.3 Å². The number of imidazole rings is 1. The molecule has 0 saturated carbocycles. The first kappa shape index (κ1) is 22.9. The molecule has 13 nitrogen and oxygen atoms in total. The van der Waals surface area contributed by atoms with E-state index in [-0.39, 0.29) is 43.4 Å². The molecule has 2 saturated heterocycles. The molecule has 0 aliphatic carbocycles. The van der Waals surface area contributed by atoms with E-state index in [1.807, 2.05) is 6.92 Å². The van der Waals surface area contributed by atoms with Crippen molar-refractivity contribution in [3.8, 4) is 5.88 Å². The quantitative estimate of drug-likeness (QED) is 0.339. The van der Waals surface area contributed by atoms with Gasteiger partial charge in [-0.3, -0.25) is 22.9 Å². The van der Waals surface area contributed by atoms with Crippen LogP contribution in [-0.2, 0) is 32.4 Å². The standard InChI is InChI=1S/C18H26N5O8P/c1-4-27-12(24)6-5-7-28-32(25)29-8-11-14(31-32)10(2)17(30-11)23-9-20-13-15(23)21-18(19)22-16(13)26-3/h9-11,14,17H,4-8H2,1-3H3,(H2,19,21,22). The topological polar surface area (TPSA) is 159 Å². The lowest BCUT2D eigenvalue weighted by atomic mass is 10.0. The van der Waals surface area contributed by atoms with Gasteiger partial charge in [-0.2, -0.15) is 9.97 Å². The van der Waals surface area contributed by atoms with Crippen LogP contribution in [0.25, 0.3) is 11.2 Å². The summed E-state index contributed by atoms with van der Waals surface area (Å²) in [5.41, 5.74) is 6.69. The molecule has 0 bridgehead atoms. The van der Waals surface area contributed by atoms with Crippen LogP contribution in [0.5, 0.6) is 5.88 Å². The van der Waals surface area contributed by atoms with E-state index in [1.54, 1.807) is 17.8 Å². The number of fused-ring (bicyclic) bond motifs is 2. The average molecular weight is 471 g/mol. The van der Waals surface area contributed by atoms with E-state index in [4.69, 9.17) is 33.5 Å². The van der Waals surface area contributed by atoms with Crippen LogP contribution < -0.4 is 10.5 Å². The zero-order chi connectivity index (χ0) is 22.9. The minimum Gasteiger partial charge on any atom is -0.479 e. The Kier molecular flexibility index (Phi) is 6.63. The summed E-state index contributed by atoms with van der Waals surface area (Å²) in [6.45, 7) is 4.02. The number of carbonyl (C=O) groups excluding carboxylic acids is 1. The number of ether oxygens (including phenoxy) is 3. The molecule has 2 aliphatic rings. The maximum atomic E-state index is 12.9. The number of phosphoric ester groups is 1. The van der Waals surface area contributed by atoms with Crippen molar-refractivity contribution in [2.75, 3.05) is 32.7 Å². The predicted octanol–water partition coefficient (Wildman–Crippen LogP) is 1.83. The van der Waals surface area contributed by atoms with Crippen LogP contribution in [0.2, 0.25) is 0 Å². The summed E-state index contributed by atoms with van der Waals surface area (Å²) in [6, 6.07) is 0. The number of carbonyl (C=O) groups is 1. The molecule has 5 atom stereocenters. The number of hydrogen-bond acceptors (Lipinski definition) is 12. The molecule has 2 aliphatic heterocycles. The smallest absolute Gasteiger partial charge is 0.475 e. The summed E-state index contributed by atoms with van der Waals surface area (Å²) in [6.07, 6.45) is 0.535. The van der Waals surface area contributed by atoms with Crippen LogP contribution in [-0.4, -0.2) is 64.6 Å². The van der Waals surface area contributed by atoms with Gasteiger partial charge in [0.05, 0.1) is 33.3 Å². The van der Waals surface area contributed by atoms with Crippen LogP contribution in [0.4, 0.5) is 5.95 Å². The van der Waals surface area contributed by atoms with E-state index in [9.17, 15) is 9.36 Å². The van der Waals surface area contributed by atoms with Crippen molar-refractivity contribution in [2.45, 2.75) is 45.1 Å². The largest absolute Gasteiger partial charge is 0.479 e. The van der Waals surface area contributed by atoms with Crippen molar-refractivity contribution >= 4 is 30.9 Å². The second-order valence-corrected chi connectivity index (χ2v) is 9.02. The van der Waals surface area contributed by atoms with Crippen LogP contribution in [0.3, 0.4) is 0 Å². The van der Waals surface area contributed by atoms with E-state index < -0.39 is 26.3 Å². The van der Waals surface area contributed by atoms with Crippen molar-refractivity contribution in [2.24, 2.45) is 5.92 Å². The third kappa shape index (κ3) is 4.44. The Morgan fingerprint density at radius 1 is 1.41 bits per heavy atom. The SMILES string of the molecule is CCOC(=O)CCCOP1(=O)OCC2OC(n3cnc4c(OC)nc(N)nc43)C(C)C2O1. The molecule has 32 heavy (non-hydrogen) atoms. The van der Waals surface area contributed by atoms with Gasteiger partial charge in [0.15, 0.2) is 11.2 Å². The van der Waals surface area contributed by atoms with Crippen LogP contribution >= 0.6 is 7.82 Å². The molecule has 14 heteroatoms. The lowest BCUT2D eigenvalue weighted by Crippen LogP contribution is -2.36. The lowest BCUT2D eigenvalue weighted by molar-refractivity contribution is -0.143. The summed E-state index contributed by atoms with van der Waals surface area (Å²) in [7, 11) is -2.32. The number of nitrogens with two attached hydrogens (primary N) is 1. The van der Waals surface area contributed by atoms with Gasteiger partial charge in [-0.25, -0.2) is 9.55 Å². The molecule has 2 fully saturated rings. The third-order valence-electron chi connectivity index (χ3n) is 5.25. The third-order valence-corrected chi connectivity index (χ3v) is 6.72. The highest BCUT2D eigenvalue weighted by Gasteiger charge is 2.52. The van der Waals surface area contributed by atoms with Crippen LogP contribution in [0.15, 0.2) is 6.33 Å². The molecular weight excluding hydrogens is 445 g/mol. The molecule has 2 N–H and O–H groups in total. The highest BCUT2D eigenvalue weighted by Crippen LogP contribution is 2.58. The monoisotopic (exact) mass is 471 g/mol. The van der Waals surface area contributed by atoms with Gasteiger partial charge in [-0.15, -0.1) is 0 Å². The fourth-order valence-electron chi connectivity index (χ4n) is 3.77. The first-order chi connectivity index (χ1) is 15.3. The Morgan fingerprint density at radius 2 is 2.22 bits per heavy atom. The minimum atomic E-state index is -3.79. The number of phosphoric acid groups is 1. The van der Waals surface area contributed by atoms with E-state index in [0.717, 1.165) is 0 Å². The number of aromatic nitrogens is 4. The Labute approximate surface area is 184 Å². The number of rotatable bonds is 8. The van der Waals surface area contributed by atoms with Crippen molar-refractivity contribution < 1.29 is 37.1 Å². The predicted molar refractivity (Wildman–Crippen MR) is 110 cm³/mol. The van der Waals surface area contributed by atoms with Crippen molar-refractivity contribution in [3.63, 3.8) is 0 Å². The highest BCUT2D eigenvalue weighted by molar-refractivity contribution is 7.48. The van der Waals surface area contributed by atoms with Gasteiger partial charge >= 0.3 is 13.8 Å². The molecule has 0 amide bonds. The second kappa shape index (κ2) is 9.28. The van der Waals surface area contributed by atoms with Gasteiger partial charge in [-0.05, 0) is 13.3 Å². The summed E-state index contributed by atoms with van der Waals surface area (Å²) in [5, 5.41) is 0. The Bertz CT molecular complexity index is 1030. The van der Waals surface area contributed by atoms with Gasteiger partial charge < -0.3 is 19.9 Å². The van der Waals surface area contributed by atoms with E-state index in [0.29, 0.717) is 24.2 Å². The maximum Gasteiger partial charge on any atom is 0.475 e. The number of nitrogens with zero attached hydrogens (tertiary/aromatic N) is 4. The second-order valence-electron chi connectivity index (χ2n) is 7.39. The number of esters is 1.